The molecule has 142 valence electrons. The lowest BCUT2D eigenvalue weighted by Gasteiger charge is -2.31. The Morgan fingerprint density at radius 1 is 1.22 bits per heavy atom. The highest BCUT2D eigenvalue weighted by Crippen LogP contribution is 2.51. The van der Waals surface area contributed by atoms with Crippen LogP contribution in [0.25, 0.3) is 0 Å². The molecule has 2 aliphatic heterocycles. The summed E-state index contributed by atoms with van der Waals surface area (Å²) in [5.74, 6) is 2.47. The number of hydrogen-bond donors (Lipinski definition) is 1. The van der Waals surface area contributed by atoms with Crippen molar-refractivity contribution >= 4 is 11.8 Å². The molecule has 27 heavy (non-hydrogen) atoms. The number of hydrogen-bond acceptors (Lipinski definition) is 5. The Hall–Kier alpha value is -2.41. The van der Waals surface area contributed by atoms with E-state index in [1.165, 1.54) is 18.6 Å². The zero-order valence-corrected chi connectivity index (χ0v) is 15.1. The van der Waals surface area contributed by atoms with Crippen molar-refractivity contribution in [2.24, 2.45) is 11.8 Å². The minimum atomic E-state index is -0.212. The molecule has 5 rings (SSSR count). The van der Waals surface area contributed by atoms with Gasteiger partial charge < -0.3 is 14.5 Å². The normalized spacial score (nSPS) is 26.9. The Kier molecular flexibility index (Phi) is 4.11. The first-order valence-electron chi connectivity index (χ1n) is 9.62. The minimum Gasteiger partial charge on any atom is -0.378 e. The Labute approximate surface area is 157 Å². The van der Waals surface area contributed by atoms with Gasteiger partial charge in [-0.25, -0.2) is 4.39 Å². The molecule has 3 atom stereocenters. The molecule has 3 heterocycles. The van der Waals surface area contributed by atoms with Crippen LogP contribution in [0.4, 0.5) is 16.2 Å². The van der Waals surface area contributed by atoms with Crippen LogP contribution < -0.4 is 15.4 Å². The summed E-state index contributed by atoms with van der Waals surface area (Å²) in [6.07, 6.45) is 2.07. The molecule has 1 aromatic heterocycles. The van der Waals surface area contributed by atoms with Crippen molar-refractivity contribution in [2.45, 2.75) is 18.9 Å². The average Bonchev–Trinajstić information content (AvgIpc) is 3.38. The summed E-state index contributed by atoms with van der Waals surface area (Å²) in [5.41, 5.74) is 0.994. The molecular formula is C20H23FN4O2. The molecule has 3 aliphatic rings. The standard InChI is InChI=1S/C20H23FN4O2/c21-15-3-1-13(2-4-15)9-17-16-10-14(16)12-25(17)20-22-18(11-19(26)23-20)24-5-7-27-8-6-24/h1-4,11,14,16-17H,5-10,12H2,(H,22,23,26)/t14-,16-,17-/m1/s1. The number of aromatic amines is 1. The molecule has 6 nitrogen and oxygen atoms in total. The van der Waals surface area contributed by atoms with Gasteiger partial charge in [-0.3, -0.25) is 9.78 Å². The van der Waals surface area contributed by atoms with E-state index in [4.69, 9.17) is 9.72 Å². The Morgan fingerprint density at radius 3 is 2.78 bits per heavy atom. The van der Waals surface area contributed by atoms with E-state index in [0.717, 1.165) is 37.4 Å². The molecule has 1 aromatic carbocycles. The molecular weight excluding hydrogens is 347 g/mol. The maximum absolute atomic E-state index is 13.2. The quantitative estimate of drug-likeness (QED) is 0.890. The van der Waals surface area contributed by atoms with Crippen LogP contribution in [-0.2, 0) is 11.2 Å². The molecule has 2 saturated heterocycles. The molecule has 0 spiro atoms. The second-order valence-electron chi connectivity index (χ2n) is 7.74. The van der Waals surface area contributed by atoms with Gasteiger partial charge in [0.15, 0.2) is 0 Å². The highest BCUT2D eigenvalue weighted by molar-refractivity contribution is 5.47. The van der Waals surface area contributed by atoms with Crippen molar-refractivity contribution in [3.8, 4) is 0 Å². The van der Waals surface area contributed by atoms with Gasteiger partial charge in [0, 0.05) is 31.7 Å². The van der Waals surface area contributed by atoms with Crippen molar-refractivity contribution in [3.63, 3.8) is 0 Å². The number of H-pyrrole nitrogens is 1. The number of rotatable bonds is 4. The van der Waals surface area contributed by atoms with Gasteiger partial charge in [0.05, 0.1) is 13.2 Å². The van der Waals surface area contributed by atoms with Crippen molar-refractivity contribution in [1.82, 2.24) is 9.97 Å². The molecule has 3 fully saturated rings. The van der Waals surface area contributed by atoms with Crippen molar-refractivity contribution in [1.29, 1.82) is 0 Å². The maximum atomic E-state index is 13.2. The second-order valence-corrected chi connectivity index (χ2v) is 7.74. The Morgan fingerprint density at radius 2 is 2.00 bits per heavy atom. The van der Waals surface area contributed by atoms with E-state index in [1.807, 2.05) is 12.1 Å². The minimum absolute atomic E-state index is 0.123. The van der Waals surface area contributed by atoms with E-state index in [1.54, 1.807) is 6.07 Å². The van der Waals surface area contributed by atoms with Gasteiger partial charge >= 0.3 is 0 Å². The molecule has 1 N–H and O–H groups in total. The summed E-state index contributed by atoms with van der Waals surface area (Å²) in [6, 6.07) is 8.59. The number of nitrogens with zero attached hydrogens (tertiary/aromatic N) is 3. The lowest BCUT2D eigenvalue weighted by atomic mass is 10.0. The topological polar surface area (TPSA) is 61.5 Å². The van der Waals surface area contributed by atoms with Crippen LogP contribution >= 0.6 is 0 Å². The molecule has 1 aliphatic carbocycles. The van der Waals surface area contributed by atoms with E-state index in [-0.39, 0.29) is 11.4 Å². The zero-order valence-electron chi connectivity index (χ0n) is 15.1. The molecule has 0 unspecified atom stereocenters. The van der Waals surface area contributed by atoms with E-state index in [0.29, 0.717) is 37.0 Å². The number of nitrogens with one attached hydrogen (secondary N) is 1. The average molecular weight is 370 g/mol. The largest absolute Gasteiger partial charge is 0.378 e. The van der Waals surface area contributed by atoms with Crippen LogP contribution in [0.1, 0.15) is 12.0 Å². The lowest BCUT2D eigenvalue weighted by molar-refractivity contribution is 0.122. The van der Waals surface area contributed by atoms with Gasteiger partial charge in [0.2, 0.25) is 5.95 Å². The number of benzene rings is 1. The monoisotopic (exact) mass is 370 g/mol. The first-order chi connectivity index (χ1) is 13.2. The first-order valence-corrected chi connectivity index (χ1v) is 9.62. The second kappa shape index (κ2) is 6.64. The third-order valence-corrected chi connectivity index (χ3v) is 5.98. The molecule has 1 saturated carbocycles. The van der Waals surface area contributed by atoms with Crippen LogP contribution in [-0.4, -0.2) is 48.9 Å². The van der Waals surface area contributed by atoms with Gasteiger partial charge in [-0.2, -0.15) is 4.98 Å². The van der Waals surface area contributed by atoms with Gasteiger partial charge in [-0.15, -0.1) is 0 Å². The van der Waals surface area contributed by atoms with Crippen LogP contribution in [0.3, 0.4) is 0 Å². The summed E-state index contributed by atoms with van der Waals surface area (Å²) >= 11 is 0. The summed E-state index contributed by atoms with van der Waals surface area (Å²) in [7, 11) is 0. The number of fused-ring (bicyclic) bond motifs is 1. The molecule has 0 bridgehead atoms. The third kappa shape index (κ3) is 3.32. The summed E-state index contributed by atoms with van der Waals surface area (Å²) in [4.78, 5) is 24.3. The summed E-state index contributed by atoms with van der Waals surface area (Å²) in [5, 5.41) is 0. The fourth-order valence-corrected chi connectivity index (χ4v) is 4.46. The number of aromatic nitrogens is 2. The summed E-state index contributed by atoms with van der Waals surface area (Å²) in [6.45, 7) is 3.74. The number of ether oxygens (including phenoxy) is 1. The summed E-state index contributed by atoms with van der Waals surface area (Å²) < 4.78 is 18.6. The fraction of sp³-hybridized carbons (Fsp3) is 0.500. The SMILES string of the molecule is O=c1cc(N2CCOCC2)nc(N2C[C@H]3C[C@H]3[C@H]2Cc2ccc(F)cc2)[nH]1. The van der Waals surface area contributed by atoms with Gasteiger partial charge in [-0.1, -0.05) is 12.1 Å². The number of halogens is 1. The van der Waals surface area contributed by atoms with Gasteiger partial charge in [0.25, 0.3) is 5.56 Å². The Balaban J connectivity index is 1.41. The van der Waals surface area contributed by atoms with E-state index in [2.05, 4.69) is 14.8 Å². The number of piperidine rings is 1. The van der Waals surface area contributed by atoms with Crippen molar-refractivity contribution < 1.29 is 9.13 Å². The molecule has 0 radical (unpaired) electrons. The fourth-order valence-electron chi connectivity index (χ4n) is 4.46. The zero-order chi connectivity index (χ0) is 18.4. The third-order valence-electron chi connectivity index (χ3n) is 5.98. The predicted molar refractivity (Wildman–Crippen MR) is 101 cm³/mol. The Bertz CT molecular complexity index is 878. The lowest BCUT2D eigenvalue weighted by Crippen LogP contribution is -2.40. The van der Waals surface area contributed by atoms with E-state index in [9.17, 15) is 9.18 Å². The van der Waals surface area contributed by atoms with Crippen molar-refractivity contribution in [3.05, 3.63) is 52.1 Å². The molecule has 2 aromatic rings. The number of anilines is 2. The van der Waals surface area contributed by atoms with Gasteiger partial charge in [-0.05, 0) is 42.4 Å². The van der Waals surface area contributed by atoms with Gasteiger partial charge in [0.1, 0.15) is 11.6 Å². The van der Waals surface area contributed by atoms with E-state index >= 15 is 0 Å². The van der Waals surface area contributed by atoms with Crippen LogP contribution in [0.5, 0.6) is 0 Å². The van der Waals surface area contributed by atoms with Crippen LogP contribution in [0.2, 0.25) is 0 Å². The van der Waals surface area contributed by atoms with E-state index < -0.39 is 0 Å². The first kappa shape index (κ1) is 16.7. The predicted octanol–water partition coefficient (Wildman–Crippen LogP) is 1.81. The smallest absolute Gasteiger partial charge is 0.254 e. The molecule has 7 heteroatoms. The maximum Gasteiger partial charge on any atom is 0.254 e. The molecule has 0 amide bonds. The highest BCUT2D eigenvalue weighted by Gasteiger charge is 2.52. The van der Waals surface area contributed by atoms with Crippen LogP contribution in [0, 0.1) is 17.7 Å². The number of morpholine rings is 1. The highest BCUT2D eigenvalue weighted by atomic mass is 19.1. The van der Waals surface area contributed by atoms with Crippen LogP contribution in [0.15, 0.2) is 35.1 Å². The van der Waals surface area contributed by atoms with Crippen molar-refractivity contribution in [2.75, 3.05) is 42.6 Å².